The molecule has 0 aliphatic carbocycles. The molecule has 0 radical (unpaired) electrons. The molecule has 8 nitrogen and oxygen atoms in total. The summed E-state index contributed by atoms with van der Waals surface area (Å²) in [5.74, 6) is 0.651. The number of fused-ring (bicyclic) bond motifs is 4. The van der Waals surface area contributed by atoms with Gasteiger partial charge in [0.2, 0.25) is 0 Å². The van der Waals surface area contributed by atoms with Crippen LogP contribution in [0.2, 0.25) is 0 Å². The molecule has 0 unspecified atom stereocenters. The van der Waals surface area contributed by atoms with Gasteiger partial charge in [-0.2, -0.15) is 4.52 Å². The third-order valence-corrected chi connectivity index (χ3v) is 4.84. The Balaban J connectivity index is 2.04. The molecule has 0 atom stereocenters. The van der Waals surface area contributed by atoms with Crippen LogP contribution >= 0.6 is 11.8 Å². The van der Waals surface area contributed by atoms with Gasteiger partial charge in [0.1, 0.15) is 11.1 Å². The van der Waals surface area contributed by atoms with E-state index in [0.29, 0.717) is 38.6 Å². The Labute approximate surface area is 156 Å². The Bertz CT molecular complexity index is 1390. The molecule has 5 rings (SSSR count). The van der Waals surface area contributed by atoms with Crippen molar-refractivity contribution in [3.8, 4) is 11.6 Å². The van der Waals surface area contributed by atoms with Crippen LogP contribution in [0.5, 0.6) is 5.75 Å². The maximum absolute atomic E-state index is 13.3. The van der Waals surface area contributed by atoms with E-state index in [-0.39, 0.29) is 11.3 Å². The Morgan fingerprint density at radius 1 is 1.07 bits per heavy atom. The third kappa shape index (κ3) is 2.28. The van der Waals surface area contributed by atoms with E-state index in [4.69, 9.17) is 0 Å². The van der Waals surface area contributed by atoms with E-state index < -0.39 is 0 Å². The second kappa shape index (κ2) is 5.78. The van der Waals surface area contributed by atoms with Gasteiger partial charge in [0, 0.05) is 17.8 Å². The molecule has 9 heteroatoms. The third-order valence-electron chi connectivity index (χ3n) is 4.28. The van der Waals surface area contributed by atoms with Gasteiger partial charge in [0.15, 0.2) is 22.3 Å². The zero-order valence-electron chi connectivity index (χ0n) is 14.1. The van der Waals surface area contributed by atoms with Crippen LogP contribution in [-0.2, 0) is 0 Å². The number of phenolic OH excluding ortho intramolecular Hbond substituents is 1. The van der Waals surface area contributed by atoms with Crippen molar-refractivity contribution in [2.45, 2.75) is 5.16 Å². The molecule has 0 bridgehead atoms. The lowest BCUT2D eigenvalue weighted by Crippen LogP contribution is -2.22. The first kappa shape index (κ1) is 15.8. The standard InChI is InChI=1S/C18H12N6O2S/c1-27-18-20-9-12-15(22-18)21-16-11-8-10(25)5-6-13(11)23(24(16)17(12)26)14-4-2-3-7-19-14/h2-9,25H,1H3. The molecule has 0 fully saturated rings. The second-order valence-corrected chi connectivity index (χ2v) is 6.62. The zero-order chi connectivity index (χ0) is 18.5. The van der Waals surface area contributed by atoms with Gasteiger partial charge in [0.05, 0.1) is 5.52 Å². The summed E-state index contributed by atoms with van der Waals surface area (Å²) in [6.07, 6.45) is 5.01. The van der Waals surface area contributed by atoms with Gasteiger partial charge < -0.3 is 5.11 Å². The summed E-state index contributed by atoms with van der Waals surface area (Å²) in [5.41, 5.74) is 1.12. The van der Waals surface area contributed by atoms with Gasteiger partial charge in [0.25, 0.3) is 5.56 Å². The number of hydrogen-bond acceptors (Lipinski definition) is 7. The van der Waals surface area contributed by atoms with E-state index in [0.717, 1.165) is 0 Å². The number of phenols is 1. The average Bonchev–Trinajstić information content (AvgIpc) is 3.02. The second-order valence-electron chi connectivity index (χ2n) is 5.85. The molecule has 132 valence electrons. The van der Waals surface area contributed by atoms with Crippen LogP contribution < -0.4 is 5.56 Å². The molecule has 4 heterocycles. The number of hydrogen-bond donors (Lipinski definition) is 1. The van der Waals surface area contributed by atoms with E-state index in [9.17, 15) is 9.90 Å². The van der Waals surface area contributed by atoms with Gasteiger partial charge >= 0.3 is 0 Å². The molecular weight excluding hydrogens is 364 g/mol. The normalized spacial score (nSPS) is 11.6. The summed E-state index contributed by atoms with van der Waals surface area (Å²) >= 11 is 1.38. The van der Waals surface area contributed by atoms with E-state index in [1.54, 1.807) is 41.2 Å². The molecule has 0 spiro atoms. The highest BCUT2D eigenvalue weighted by molar-refractivity contribution is 7.98. The molecule has 1 aromatic carbocycles. The van der Waals surface area contributed by atoms with Crippen molar-refractivity contribution < 1.29 is 5.11 Å². The van der Waals surface area contributed by atoms with Crippen molar-refractivity contribution >= 4 is 39.3 Å². The maximum Gasteiger partial charge on any atom is 0.284 e. The fourth-order valence-corrected chi connectivity index (χ4v) is 3.45. The SMILES string of the molecule is CSc1ncc2c(=O)n3c(nc2n1)c1cc(O)ccc1n3-c1ccccn1. The van der Waals surface area contributed by atoms with Gasteiger partial charge in [-0.1, -0.05) is 17.8 Å². The summed E-state index contributed by atoms with van der Waals surface area (Å²) in [6, 6.07) is 10.3. The van der Waals surface area contributed by atoms with Gasteiger partial charge in [-0.25, -0.2) is 24.6 Å². The molecule has 0 amide bonds. The number of aromatic nitrogens is 6. The number of thioether (sulfide) groups is 1. The summed E-state index contributed by atoms with van der Waals surface area (Å²) in [5, 5.41) is 11.4. The Morgan fingerprint density at radius 3 is 2.74 bits per heavy atom. The van der Waals surface area contributed by atoms with Crippen LogP contribution in [0.25, 0.3) is 33.4 Å². The predicted molar refractivity (Wildman–Crippen MR) is 103 cm³/mol. The smallest absolute Gasteiger partial charge is 0.284 e. The van der Waals surface area contributed by atoms with Gasteiger partial charge in [-0.15, -0.1) is 0 Å². The quantitative estimate of drug-likeness (QED) is 0.373. The van der Waals surface area contributed by atoms with Crippen molar-refractivity contribution in [3.05, 3.63) is 59.1 Å². The molecular formula is C18H12N6O2S. The molecule has 0 aliphatic heterocycles. The van der Waals surface area contributed by atoms with Crippen molar-refractivity contribution in [1.29, 1.82) is 0 Å². The van der Waals surface area contributed by atoms with Gasteiger partial charge in [-0.05, 0) is 36.6 Å². The monoisotopic (exact) mass is 376 g/mol. The maximum atomic E-state index is 13.3. The average molecular weight is 376 g/mol. The number of benzene rings is 1. The van der Waals surface area contributed by atoms with Crippen molar-refractivity contribution in [3.63, 3.8) is 0 Å². The highest BCUT2D eigenvalue weighted by Crippen LogP contribution is 2.27. The first-order valence-corrected chi connectivity index (χ1v) is 9.28. The van der Waals surface area contributed by atoms with Crippen LogP contribution in [0.1, 0.15) is 0 Å². The van der Waals surface area contributed by atoms with E-state index in [1.165, 1.54) is 22.5 Å². The predicted octanol–water partition coefficient (Wildman–Crippen LogP) is 2.40. The van der Waals surface area contributed by atoms with Crippen LogP contribution in [0.4, 0.5) is 0 Å². The number of nitrogens with zero attached hydrogens (tertiary/aromatic N) is 6. The van der Waals surface area contributed by atoms with Crippen molar-refractivity contribution in [2.24, 2.45) is 0 Å². The Morgan fingerprint density at radius 2 is 1.96 bits per heavy atom. The molecule has 0 saturated carbocycles. The van der Waals surface area contributed by atoms with Gasteiger partial charge in [-0.3, -0.25) is 4.79 Å². The van der Waals surface area contributed by atoms with Crippen LogP contribution in [0, 0.1) is 0 Å². The molecule has 4 aromatic heterocycles. The van der Waals surface area contributed by atoms with E-state index in [1.807, 2.05) is 12.3 Å². The minimum absolute atomic E-state index is 0.0880. The summed E-state index contributed by atoms with van der Waals surface area (Å²) in [6.45, 7) is 0. The molecule has 27 heavy (non-hydrogen) atoms. The summed E-state index contributed by atoms with van der Waals surface area (Å²) in [7, 11) is 0. The van der Waals surface area contributed by atoms with Crippen LogP contribution in [-0.4, -0.2) is 40.5 Å². The highest BCUT2D eigenvalue weighted by atomic mass is 32.2. The lowest BCUT2D eigenvalue weighted by molar-refractivity contribution is 0.476. The fraction of sp³-hybridized carbons (Fsp3) is 0.0556. The summed E-state index contributed by atoms with van der Waals surface area (Å²) < 4.78 is 3.12. The number of pyridine rings is 1. The largest absolute Gasteiger partial charge is 0.508 e. The first-order valence-electron chi connectivity index (χ1n) is 8.06. The topological polar surface area (TPSA) is 98.2 Å². The molecule has 1 N–H and O–H groups in total. The Hall–Kier alpha value is -3.46. The number of aromatic hydroxyl groups is 1. The molecule has 5 aromatic rings. The Kier molecular flexibility index (Phi) is 3.37. The van der Waals surface area contributed by atoms with Crippen molar-refractivity contribution in [2.75, 3.05) is 6.26 Å². The zero-order valence-corrected chi connectivity index (χ0v) is 14.9. The minimum Gasteiger partial charge on any atom is -0.508 e. The van der Waals surface area contributed by atoms with Crippen LogP contribution in [0.15, 0.2) is 58.7 Å². The lowest BCUT2D eigenvalue weighted by Gasteiger charge is -2.07. The summed E-state index contributed by atoms with van der Waals surface area (Å²) in [4.78, 5) is 30.8. The molecule has 0 saturated heterocycles. The van der Waals surface area contributed by atoms with E-state index in [2.05, 4.69) is 19.9 Å². The van der Waals surface area contributed by atoms with E-state index >= 15 is 0 Å². The first-order chi connectivity index (χ1) is 13.2. The highest BCUT2D eigenvalue weighted by Gasteiger charge is 2.19. The lowest BCUT2D eigenvalue weighted by atomic mass is 10.2. The van der Waals surface area contributed by atoms with Crippen LogP contribution in [0.3, 0.4) is 0 Å². The number of rotatable bonds is 2. The fourth-order valence-electron chi connectivity index (χ4n) is 3.11. The van der Waals surface area contributed by atoms with Crippen molar-refractivity contribution in [1.82, 2.24) is 29.1 Å². The minimum atomic E-state index is -0.302. The molecule has 0 aliphatic rings.